The first kappa shape index (κ1) is 10.2. The monoisotopic (exact) mass is 208 g/mol. The van der Waals surface area contributed by atoms with Crippen LogP contribution in [0.2, 0.25) is 0 Å². The average Bonchev–Trinajstić information content (AvgIpc) is 2.25. The molecule has 0 spiro atoms. The largest absolute Gasteiger partial charge is 0.345 e. The number of hydrogen-bond donors (Lipinski definition) is 1. The summed E-state index contributed by atoms with van der Waals surface area (Å²) in [4.78, 5) is 24.3. The summed E-state index contributed by atoms with van der Waals surface area (Å²) in [7, 11) is 0. The van der Waals surface area contributed by atoms with Crippen molar-refractivity contribution < 1.29 is 9.59 Å². The lowest BCUT2D eigenvalue weighted by molar-refractivity contribution is -0.141. The number of piperazine rings is 1. The molecular formula is C11H16N2O2. The van der Waals surface area contributed by atoms with Crippen LogP contribution in [-0.2, 0) is 9.59 Å². The third-order valence-electron chi connectivity index (χ3n) is 2.98. The van der Waals surface area contributed by atoms with Crippen LogP contribution in [0.3, 0.4) is 0 Å². The molecule has 1 N–H and O–H groups in total. The van der Waals surface area contributed by atoms with Crippen LogP contribution in [0, 0.1) is 5.92 Å². The molecule has 1 aliphatic carbocycles. The molecule has 4 nitrogen and oxygen atoms in total. The van der Waals surface area contributed by atoms with E-state index in [1.807, 2.05) is 0 Å². The Morgan fingerprint density at radius 1 is 1.40 bits per heavy atom. The summed E-state index contributed by atoms with van der Waals surface area (Å²) in [5, 5.41) is 2.55. The van der Waals surface area contributed by atoms with Crippen LogP contribution in [0.1, 0.15) is 19.3 Å². The van der Waals surface area contributed by atoms with Crippen molar-refractivity contribution in [1.29, 1.82) is 0 Å². The molecule has 2 rings (SSSR count). The fraction of sp³-hybridized carbons (Fsp3) is 0.636. The van der Waals surface area contributed by atoms with Crippen LogP contribution < -0.4 is 5.32 Å². The van der Waals surface area contributed by atoms with E-state index in [4.69, 9.17) is 0 Å². The minimum absolute atomic E-state index is 0.0408. The molecule has 0 saturated carbocycles. The van der Waals surface area contributed by atoms with Crippen molar-refractivity contribution in [1.82, 2.24) is 10.2 Å². The number of rotatable bonds is 2. The summed E-state index contributed by atoms with van der Waals surface area (Å²) in [5.74, 6) is 0.537. The van der Waals surface area contributed by atoms with Gasteiger partial charge in [0.05, 0.1) is 13.1 Å². The van der Waals surface area contributed by atoms with Crippen LogP contribution in [0.5, 0.6) is 0 Å². The van der Waals surface area contributed by atoms with Crippen molar-refractivity contribution in [3.8, 4) is 0 Å². The highest BCUT2D eigenvalue weighted by Gasteiger charge is 2.25. The lowest BCUT2D eigenvalue weighted by atomic mass is 9.94. The molecule has 1 heterocycles. The summed E-state index contributed by atoms with van der Waals surface area (Å²) in [6, 6.07) is 0. The second kappa shape index (κ2) is 4.47. The predicted molar refractivity (Wildman–Crippen MR) is 56.1 cm³/mol. The minimum atomic E-state index is -0.0408. The van der Waals surface area contributed by atoms with Gasteiger partial charge < -0.3 is 10.2 Å². The van der Waals surface area contributed by atoms with Crippen LogP contribution in [0.4, 0.5) is 0 Å². The molecule has 0 radical (unpaired) electrons. The van der Waals surface area contributed by atoms with Crippen molar-refractivity contribution >= 4 is 11.8 Å². The fourth-order valence-corrected chi connectivity index (χ4v) is 2.10. The molecule has 2 aliphatic rings. The number of allylic oxidation sites excluding steroid dienone is 2. The zero-order chi connectivity index (χ0) is 10.7. The Morgan fingerprint density at radius 3 is 3.00 bits per heavy atom. The van der Waals surface area contributed by atoms with Crippen LogP contribution in [0.15, 0.2) is 12.2 Å². The molecule has 1 fully saturated rings. The van der Waals surface area contributed by atoms with E-state index in [9.17, 15) is 9.59 Å². The van der Waals surface area contributed by atoms with E-state index in [1.54, 1.807) is 4.90 Å². The maximum Gasteiger partial charge on any atom is 0.242 e. The summed E-state index contributed by atoms with van der Waals surface area (Å²) < 4.78 is 0. The average molecular weight is 208 g/mol. The lowest BCUT2D eigenvalue weighted by Crippen LogP contribution is -2.52. The van der Waals surface area contributed by atoms with Crippen molar-refractivity contribution in [2.45, 2.75) is 19.3 Å². The van der Waals surface area contributed by atoms with Gasteiger partial charge in [-0.25, -0.2) is 0 Å². The second-order valence-electron chi connectivity index (χ2n) is 4.20. The molecule has 0 aromatic rings. The molecule has 1 atom stereocenters. The quantitative estimate of drug-likeness (QED) is 0.664. The van der Waals surface area contributed by atoms with E-state index in [-0.39, 0.29) is 24.9 Å². The molecule has 82 valence electrons. The molecule has 15 heavy (non-hydrogen) atoms. The topological polar surface area (TPSA) is 49.4 Å². The fourth-order valence-electron chi connectivity index (χ4n) is 2.10. The van der Waals surface area contributed by atoms with Gasteiger partial charge in [-0.1, -0.05) is 12.2 Å². The first-order valence-corrected chi connectivity index (χ1v) is 5.45. The normalized spacial score (nSPS) is 26.7. The van der Waals surface area contributed by atoms with Gasteiger partial charge >= 0.3 is 0 Å². The van der Waals surface area contributed by atoms with Crippen LogP contribution in [0.25, 0.3) is 0 Å². The highest BCUT2D eigenvalue weighted by molar-refractivity contribution is 5.92. The Balaban J connectivity index is 1.89. The first-order chi connectivity index (χ1) is 7.25. The van der Waals surface area contributed by atoms with Crippen molar-refractivity contribution in [3.05, 3.63) is 12.2 Å². The van der Waals surface area contributed by atoms with E-state index in [1.165, 1.54) is 0 Å². The molecule has 1 saturated heterocycles. The van der Waals surface area contributed by atoms with Gasteiger partial charge in [-0.05, 0) is 25.2 Å². The Kier molecular flexibility index (Phi) is 3.04. The molecular weight excluding hydrogens is 192 g/mol. The standard InChI is InChI=1S/C11H16N2O2/c14-10-8-13(11(15)6-12-10)7-9-4-2-1-3-5-9/h1-2,9H,3-8H2,(H,12,14). The minimum Gasteiger partial charge on any atom is -0.345 e. The molecule has 0 aromatic carbocycles. The third kappa shape index (κ3) is 2.58. The van der Waals surface area contributed by atoms with E-state index in [2.05, 4.69) is 17.5 Å². The van der Waals surface area contributed by atoms with Crippen molar-refractivity contribution in [2.75, 3.05) is 19.6 Å². The predicted octanol–water partition coefficient (Wildman–Crippen LogP) is 0.301. The van der Waals surface area contributed by atoms with Crippen LogP contribution in [-0.4, -0.2) is 36.3 Å². The molecule has 1 aliphatic heterocycles. The third-order valence-corrected chi connectivity index (χ3v) is 2.98. The summed E-state index contributed by atoms with van der Waals surface area (Å²) in [5.41, 5.74) is 0. The zero-order valence-corrected chi connectivity index (χ0v) is 8.74. The van der Waals surface area contributed by atoms with Crippen LogP contribution >= 0.6 is 0 Å². The maximum atomic E-state index is 11.5. The molecule has 2 amide bonds. The van der Waals surface area contributed by atoms with Gasteiger partial charge in [0.1, 0.15) is 0 Å². The summed E-state index contributed by atoms with van der Waals surface area (Å²) >= 11 is 0. The number of amides is 2. The molecule has 0 bridgehead atoms. The first-order valence-electron chi connectivity index (χ1n) is 5.45. The van der Waals surface area contributed by atoms with E-state index in [0.29, 0.717) is 5.92 Å². The van der Waals surface area contributed by atoms with Gasteiger partial charge in [0, 0.05) is 6.54 Å². The second-order valence-corrected chi connectivity index (χ2v) is 4.20. The van der Waals surface area contributed by atoms with Crippen molar-refractivity contribution in [2.24, 2.45) is 5.92 Å². The van der Waals surface area contributed by atoms with E-state index >= 15 is 0 Å². The summed E-state index contributed by atoms with van der Waals surface area (Å²) in [6.07, 6.45) is 7.61. The van der Waals surface area contributed by atoms with Gasteiger partial charge in [0.15, 0.2) is 0 Å². The number of nitrogens with one attached hydrogen (secondary N) is 1. The highest BCUT2D eigenvalue weighted by atomic mass is 16.2. The van der Waals surface area contributed by atoms with Gasteiger partial charge in [0.25, 0.3) is 0 Å². The van der Waals surface area contributed by atoms with Gasteiger partial charge in [-0.2, -0.15) is 0 Å². The van der Waals surface area contributed by atoms with Crippen molar-refractivity contribution in [3.63, 3.8) is 0 Å². The number of carbonyl (C=O) groups is 2. The Labute approximate surface area is 89.3 Å². The molecule has 0 aromatic heterocycles. The number of hydrogen-bond acceptors (Lipinski definition) is 2. The number of nitrogens with zero attached hydrogens (tertiary/aromatic N) is 1. The summed E-state index contributed by atoms with van der Waals surface area (Å²) in [6.45, 7) is 1.14. The highest BCUT2D eigenvalue weighted by Crippen LogP contribution is 2.19. The SMILES string of the molecule is O=C1CN(CC2CC=CCC2)C(=O)CN1. The van der Waals surface area contributed by atoms with E-state index in [0.717, 1.165) is 25.8 Å². The number of carbonyl (C=O) groups excluding carboxylic acids is 2. The Morgan fingerprint density at radius 2 is 2.27 bits per heavy atom. The van der Waals surface area contributed by atoms with Gasteiger partial charge in [-0.3, -0.25) is 9.59 Å². The lowest BCUT2D eigenvalue weighted by Gasteiger charge is -2.30. The Hall–Kier alpha value is -1.32. The smallest absolute Gasteiger partial charge is 0.242 e. The maximum absolute atomic E-state index is 11.5. The Bertz CT molecular complexity index is 299. The zero-order valence-electron chi connectivity index (χ0n) is 8.74. The molecule has 4 heteroatoms. The van der Waals surface area contributed by atoms with Gasteiger partial charge in [-0.15, -0.1) is 0 Å². The van der Waals surface area contributed by atoms with Gasteiger partial charge in [0.2, 0.25) is 11.8 Å². The van der Waals surface area contributed by atoms with E-state index < -0.39 is 0 Å². The molecule has 1 unspecified atom stereocenters.